The first kappa shape index (κ1) is 13.8. The number of carbonyl (C=O) groups is 1. The molecule has 0 aromatic heterocycles. The fourth-order valence-electron chi connectivity index (χ4n) is 2.04. The van der Waals surface area contributed by atoms with E-state index in [4.69, 9.17) is 4.74 Å². The fourth-order valence-corrected chi connectivity index (χ4v) is 2.04. The Bertz CT molecular complexity index is 397. The number of urea groups is 1. The van der Waals surface area contributed by atoms with E-state index in [0.717, 1.165) is 25.3 Å². The van der Waals surface area contributed by atoms with Crippen LogP contribution in [0.2, 0.25) is 0 Å². The van der Waals surface area contributed by atoms with Crippen LogP contribution in [-0.2, 0) is 11.3 Å². The molecule has 5 nitrogen and oxygen atoms in total. The standard InChI is InChI=1S/C14H21N3O2/c1-17-7-8-19-13(11-17)10-16-14(18)15-9-12-5-3-2-4-6-12/h2-6,13H,7-11H2,1H3,(H2,15,16,18). The number of amides is 2. The number of carbonyl (C=O) groups excluding carboxylic acids is 1. The molecule has 2 amide bonds. The van der Waals surface area contributed by atoms with Gasteiger partial charge in [-0.2, -0.15) is 0 Å². The first-order valence-electron chi connectivity index (χ1n) is 6.60. The third-order valence-electron chi connectivity index (χ3n) is 3.13. The second-order valence-corrected chi connectivity index (χ2v) is 4.80. The van der Waals surface area contributed by atoms with Crippen LogP contribution >= 0.6 is 0 Å². The summed E-state index contributed by atoms with van der Waals surface area (Å²) in [5.41, 5.74) is 1.09. The molecule has 0 aliphatic carbocycles. The van der Waals surface area contributed by atoms with Crippen molar-refractivity contribution >= 4 is 6.03 Å². The van der Waals surface area contributed by atoms with Crippen molar-refractivity contribution in [3.63, 3.8) is 0 Å². The van der Waals surface area contributed by atoms with E-state index in [9.17, 15) is 4.79 Å². The van der Waals surface area contributed by atoms with Gasteiger partial charge in [0.1, 0.15) is 0 Å². The zero-order chi connectivity index (χ0) is 13.5. The van der Waals surface area contributed by atoms with E-state index >= 15 is 0 Å². The van der Waals surface area contributed by atoms with Crippen LogP contribution in [0.4, 0.5) is 4.79 Å². The SMILES string of the molecule is CN1CCOC(CNC(=O)NCc2ccccc2)C1. The maximum absolute atomic E-state index is 11.6. The molecule has 1 aliphatic heterocycles. The Hall–Kier alpha value is -1.59. The summed E-state index contributed by atoms with van der Waals surface area (Å²) >= 11 is 0. The number of morpholine rings is 1. The van der Waals surface area contributed by atoms with Gasteiger partial charge < -0.3 is 20.3 Å². The van der Waals surface area contributed by atoms with Crippen LogP contribution in [0.5, 0.6) is 0 Å². The van der Waals surface area contributed by atoms with E-state index < -0.39 is 0 Å². The van der Waals surface area contributed by atoms with Gasteiger partial charge in [0.05, 0.1) is 12.7 Å². The zero-order valence-corrected chi connectivity index (χ0v) is 11.3. The molecule has 1 aliphatic rings. The Morgan fingerprint density at radius 1 is 1.37 bits per heavy atom. The molecule has 5 heteroatoms. The third-order valence-corrected chi connectivity index (χ3v) is 3.13. The number of rotatable bonds is 4. The minimum atomic E-state index is -0.152. The summed E-state index contributed by atoms with van der Waals surface area (Å²) in [6.07, 6.45) is 0.0845. The summed E-state index contributed by atoms with van der Waals surface area (Å²) in [6.45, 7) is 3.63. The highest BCUT2D eigenvalue weighted by molar-refractivity contribution is 5.73. The van der Waals surface area contributed by atoms with Gasteiger partial charge in [0.15, 0.2) is 0 Å². The van der Waals surface area contributed by atoms with Gasteiger partial charge in [0.25, 0.3) is 0 Å². The molecule has 0 bridgehead atoms. The number of nitrogens with one attached hydrogen (secondary N) is 2. The molecule has 1 atom stereocenters. The van der Waals surface area contributed by atoms with Crippen molar-refractivity contribution in [2.24, 2.45) is 0 Å². The molecule has 0 saturated carbocycles. The maximum atomic E-state index is 11.6. The molecule has 19 heavy (non-hydrogen) atoms. The largest absolute Gasteiger partial charge is 0.374 e. The highest BCUT2D eigenvalue weighted by atomic mass is 16.5. The minimum Gasteiger partial charge on any atom is -0.374 e. The second-order valence-electron chi connectivity index (χ2n) is 4.80. The molecule has 1 aromatic carbocycles. The summed E-state index contributed by atoms with van der Waals surface area (Å²) in [5.74, 6) is 0. The van der Waals surface area contributed by atoms with Crippen molar-refractivity contribution < 1.29 is 9.53 Å². The molecule has 1 saturated heterocycles. The molecule has 1 fully saturated rings. The number of benzene rings is 1. The molecule has 1 aromatic rings. The maximum Gasteiger partial charge on any atom is 0.315 e. The van der Waals surface area contributed by atoms with Crippen LogP contribution < -0.4 is 10.6 Å². The van der Waals surface area contributed by atoms with Gasteiger partial charge in [-0.25, -0.2) is 4.79 Å². The smallest absolute Gasteiger partial charge is 0.315 e. The van der Waals surface area contributed by atoms with Crippen molar-refractivity contribution in [3.8, 4) is 0 Å². The highest BCUT2D eigenvalue weighted by Gasteiger charge is 2.17. The van der Waals surface area contributed by atoms with E-state index in [-0.39, 0.29) is 12.1 Å². The average Bonchev–Trinajstić information content (AvgIpc) is 2.44. The number of hydrogen-bond donors (Lipinski definition) is 2. The molecular formula is C14H21N3O2. The monoisotopic (exact) mass is 263 g/mol. The Kier molecular flexibility index (Phi) is 5.18. The summed E-state index contributed by atoms with van der Waals surface area (Å²) in [5, 5.41) is 5.67. The molecule has 1 heterocycles. The summed E-state index contributed by atoms with van der Waals surface area (Å²) < 4.78 is 5.58. The summed E-state index contributed by atoms with van der Waals surface area (Å²) in [6, 6.07) is 9.70. The van der Waals surface area contributed by atoms with Crippen molar-refractivity contribution in [1.29, 1.82) is 0 Å². The van der Waals surface area contributed by atoms with E-state index in [2.05, 4.69) is 22.6 Å². The van der Waals surface area contributed by atoms with E-state index in [1.54, 1.807) is 0 Å². The Balaban J connectivity index is 1.64. The second kappa shape index (κ2) is 7.11. The van der Waals surface area contributed by atoms with Gasteiger partial charge in [0, 0.05) is 26.2 Å². The van der Waals surface area contributed by atoms with Crippen LogP contribution in [0, 0.1) is 0 Å². The van der Waals surface area contributed by atoms with Crippen LogP contribution in [0.1, 0.15) is 5.56 Å². The van der Waals surface area contributed by atoms with Crippen LogP contribution in [0.25, 0.3) is 0 Å². The zero-order valence-electron chi connectivity index (χ0n) is 11.3. The quantitative estimate of drug-likeness (QED) is 0.845. The van der Waals surface area contributed by atoms with Gasteiger partial charge in [-0.15, -0.1) is 0 Å². The molecule has 1 unspecified atom stereocenters. The summed E-state index contributed by atoms with van der Waals surface area (Å²) in [4.78, 5) is 13.9. The fraction of sp³-hybridized carbons (Fsp3) is 0.500. The summed E-state index contributed by atoms with van der Waals surface area (Å²) in [7, 11) is 2.06. The molecule has 104 valence electrons. The molecule has 0 spiro atoms. The average molecular weight is 263 g/mol. The lowest BCUT2D eigenvalue weighted by Gasteiger charge is -2.30. The lowest BCUT2D eigenvalue weighted by Crippen LogP contribution is -2.47. The molecule has 2 rings (SSSR count). The van der Waals surface area contributed by atoms with Crippen molar-refractivity contribution in [2.45, 2.75) is 12.6 Å². The predicted octanol–water partition coefficient (Wildman–Crippen LogP) is 0.816. The Morgan fingerprint density at radius 2 is 2.16 bits per heavy atom. The van der Waals surface area contributed by atoms with Crippen LogP contribution in [-0.4, -0.2) is 50.3 Å². The number of hydrogen-bond acceptors (Lipinski definition) is 3. The van der Waals surface area contributed by atoms with E-state index in [0.29, 0.717) is 13.1 Å². The van der Waals surface area contributed by atoms with Gasteiger partial charge >= 0.3 is 6.03 Å². The van der Waals surface area contributed by atoms with Gasteiger partial charge in [-0.3, -0.25) is 0 Å². The third kappa shape index (κ3) is 4.89. The lowest BCUT2D eigenvalue weighted by atomic mass is 10.2. The van der Waals surface area contributed by atoms with Gasteiger partial charge in [-0.1, -0.05) is 30.3 Å². The van der Waals surface area contributed by atoms with Crippen LogP contribution in [0.15, 0.2) is 30.3 Å². The Morgan fingerprint density at radius 3 is 2.89 bits per heavy atom. The van der Waals surface area contributed by atoms with Crippen molar-refractivity contribution in [3.05, 3.63) is 35.9 Å². The van der Waals surface area contributed by atoms with Gasteiger partial charge in [0.2, 0.25) is 0 Å². The number of ether oxygens (including phenoxy) is 1. The molecule has 2 N–H and O–H groups in total. The normalized spacial score (nSPS) is 19.9. The molecular weight excluding hydrogens is 242 g/mol. The molecule has 0 radical (unpaired) electrons. The van der Waals surface area contributed by atoms with E-state index in [1.807, 2.05) is 30.3 Å². The predicted molar refractivity (Wildman–Crippen MR) is 73.9 cm³/mol. The topological polar surface area (TPSA) is 53.6 Å². The Labute approximate surface area is 113 Å². The van der Waals surface area contributed by atoms with Gasteiger partial charge in [-0.05, 0) is 12.6 Å². The minimum absolute atomic E-state index is 0.0845. The highest BCUT2D eigenvalue weighted by Crippen LogP contribution is 2.01. The van der Waals surface area contributed by atoms with Crippen molar-refractivity contribution in [2.75, 3.05) is 33.3 Å². The number of likely N-dealkylation sites (N-methyl/N-ethyl adjacent to an activating group) is 1. The van der Waals surface area contributed by atoms with Crippen LogP contribution in [0.3, 0.4) is 0 Å². The van der Waals surface area contributed by atoms with E-state index in [1.165, 1.54) is 0 Å². The lowest BCUT2D eigenvalue weighted by molar-refractivity contribution is -0.0167. The first-order chi connectivity index (χ1) is 9.24. The first-order valence-corrected chi connectivity index (χ1v) is 6.60. The number of nitrogens with zero attached hydrogens (tertiary/aromatic N) is 1. The van der Waals surface area contributed by atoms with Crippen molar-refractivity contribution in [1.82, 2.24) is 15.5 Å².